The second-order valence-electron chi connectivity index (χ2n) is 7.23. The summed E-state index contributed by atoms with van der Waals surface area (Å²) in [6.07, 6.45) is 7.96. The fourth-order valence-electron chi connectivity index (χ4n) is 3.70. The molecule has 4 rings (SSSR count). The number of hydrogen-bond donors (Lipinski definition) is 1. The summed E-state index contributed by atoms with van der Waals surface area (Å²) in [6.45, 7) is 2.80. The van der Waals surface area contributed by atoms with Crippen LogP contribution in [0.2, 0.25) is 0 Å². The molecule has 1 atom stereocenters. The Hall–Kier alpha value is -2.14. The van der Waals surface area contributed by atoms with Crippen LogP contribution in [0.15, 0.2) is 42.6 Å². The number of nitrogens with one attached hydrogen (secondary N) is 1. The van der Waals surface area contributed by atoms with Crippen LogP contribution in [0.25, 0.3) is 0 Å². The van der Waals surface area contributed by atoms with E-state index in [4.69, 9.17) is 0 Å². The number of aromatic nitrogens is 2. The lowest BCUT2D eigenvalue weighted by Crippen LogP contribution is -2.38. The minimum absolute atomic E-state index is 0.0145. The average Bonchev–Trinajstić information content (AvgIpc) is 3.12. The maximum Gasteiger partial charge on any atom is 0.278 e. The van der Waals surface area contributed by atoms with E-state index in [0.717, 1.165) is 38.2 Å². The monoisotopic (exact) mass is 338 g/mol. The number of amides is 1. The quantitative estimate of drug-likeness (QED) is 0.910. The van der Waals surface area contributed by atoms with E-state index in [1.165, 1.54) is 19.3 Å². The van der Waals surface area contributed by atoms with Crippen LogP contribution in [-0.4, -0.2) is 35.3 Å². The van der Waals surface area contributed by atoms with Crippen LogP contribution in [0.1, 0.15) is 48.6 Å². The molecule has 1 N–H and O–H groups in total. The van der Waals surface area contributed by atoms with Crippen molar-refractivity contribution in [1.29, 1.82) is 0 Å². The van der Waals surface area contributed by atoms with Crippen molar-refractivity contribution in [3.63, 3.8) is 0 Å². The van der Waals surface area contributed by atoms with Gasteiger partial charge in [-0.3, -0.25) is 9.48 Å². The largest absolute Gasteiger partial charge is 0.315 e. The second-order valence-corrected chi connectivity index (χ2v) is 7.23. The van der Waals surface area contributed by atoms with Gasteiger partial charge in [0.05, 0.1) is 6.04 Å². The first-order chi connectivity index (χ1) is 12.3. The average molecular weight is 338 g/mol. The molecule has 1 unspecified atom stereocenters. The van der Waals surface area contributed by atoms with Crippen molar-refractivity contribution in [2.24, 2.45) is 5.92 Å². The third kappa shape index (κ3) is 3.61. The van der Waals surface area contributed by atoms with Crippen molar-refractivity contribution in [3.05, 3.63) is 48.3 Å². The standard InChI is InChI=1S/C20H26N4O/c25-20(19-11-13-24(22-19)18-10-5-12-21-14-18)23(15-16-6-4-7-16)17-8-2-1-3-9-17/h1-3,8-9,11,13,16,18,21H,4-7,10,12,14-15H2. The highest BCUT2D eigenvalue weighted by Crippen LogP contribution is 2.29. The molecule has 25 heavy (non-hydrogen) atoms. The maximum absolute atomic E-state index is 13.2. The molecule has 5 heteroatoms. The summed E-state index contributed by atoms with van der Waals surface area (Å²) in [7, 11) is 0. The molecule has 1 aliphatic heterocycles. The van der Waals surface area contributed by atoms with Crippen molar-refractivity contribution < 1.29 is 4.79 Å². The molecule has 2 heterocycles. The zero-order valence-corrected chi connectivity index (χ0v) is 14.6. The summed E-state index contributed by atoms with van der Waals surface area (Å²) in [5.74, 6) is 0.634. The van der Waals surface area contributed by atoms with Gasteiger partial charge >= 0.3 is 0 Å². The van der Waals surface area contributed by atoms with E-state index < -0.39 is 0 Å². The van der Waals surface area contributed by atoms with Gasteiger partial charge in [-0.2, -0.15) is 5.10 Å². The molecule has 5 nitrogen and oxygen atoms in total. The smallest absolute Gasteiger partial charge is 0.278 e. The summed E-state index contributed by atoms with van der Waals surface area (Å²) >= 11 is 0. The molecule has 1 aliphatic carbocycles. The van der Waals surface area contributed by atoms with Crippen LogP contribution in [0.4, 0.5) is 5.69 Å². The molecule has 0 radical (unpaired) electrons. The van der Waals surface area contributed by atoms with Gasteiger partial charge < -0.3 is 10.2 Å². The van der Waals surface area contributed by atoms with E-state index in [9.17, 15) is 4.79 Å². The van der Waals surface area contributed by atoms with Crippen molar-refractivity contribution in [2.75, 3.05) is 24.5 Å². The van der Waals surface area contributed by atoms with Gasteiger partial charge in [0.2, 0.25) is 0 Å². The fraction of sp³-hybridized carbons (Fsp3) is 0.500. The topological polar surface area (TPSA) is 50.2 Å². The van der Waals surface area contributed by atoms with Crippen LogP contribution in [0.5, 0.6) is 0 Å². The van der Waals surface area contributed by atoms with Crippen LogP contribution < -0.4 is 10.2 Å². The van der Waals surface area contributed by atoms with E-state index in [0.29, 0.717) is 17.7 Å². The number of nitrogens with zero attached hydrogens (tertiary/aromatic N) is 3. The van der Waals surface area contributed by atoms with E-state index in [2.05, 4.69) is 10.4 Å². The van der Waals surface area contributed by atoms with Gasteiger partial charge in [-0.25, -0.2) is 0 Å². The minimum Gasteiger partial charge on any atom is -0.315 e. The molecular weight excluding hydrogens is 312 g/mol. The number of anilines is 1. The number of para-hydroxylation sites is 1. The van der Waals surface area contributed by atoms with Crippen molar-refractivity contribution in [3.8, 4) is 0 Å². The van der Waals surface area contributed by atoms with Crippen molar-refractivity contribution in [1.82, 2.24) is 15.1 Å². The molecular formula is C20H26N4O. The zero-order valence-electron chi connectivity index (χ0n) is 14.6. The fourth-order valence-corrected chi connectivity index (χ4v) is 3.70. The van der Waals surface area contributed by atoms with Crippen LogP contribution in [-0.2, 0) is 0 Å². The number of benzene rings is 1. The Balaban J connectivity index is 1.54. The zero-order chi connectivity index (χ0) is 17.1. The molecule has 2 fully saturated rings. The molecule has 1 saturated heterocycles. The van der Waals surface area contributed by atoms with Crippen LogP contribution >= 0.6 is 0 Å². The highest BCUT2D eigenvalue weighted by atomic mass is 16.2. The highest BCUT2D eigenvalue weighted by Gasteiger charge is 2.27. The number of piperidine rings is 1. The summed E-state index contributed by atoms with van der Waals surface area (Å²) in [4.78, 5) is 15.1. The Bertz CT molecular complexity index is 701. The molecule has 2 aromatic rings. The van der Waals surface area contributed by atoms with Gasteiger partial charge in [-0.1, -0.05) is 24.6 Å². The van der Waals surface area contributed by atoms with Gasteiger partial charge in [-0.15, -0.1) is 0 Å². The lowest BCUT2D eigenvalue weighted by molar-refractivity contribution is 0.0971. The SMILES string of the molecule is O=C(c1ccn(C2CCCNC2)n1)N(CC1CCC1)c1ccccc1. The van der Waals surface area contributed by atoms with Crippen molar-refractivity contribution >= 4 is 11.6 Å². The molecule has 1 aromatic carbocycles. The first-order valence-corrected chi connectivity index (χ1v) is 9.44. The Morgan fingerprint density at radius 2 is 2.00 bits per heavy atom. The predicted molar refractivity (Wildman–Crippen MR) is 98.8 cm³/mol. The molecule has 0 bridgehead atoms. The number of carbonyl (C=O) groups is 1. The molecule has 1 aromatic heterocycles. The summed E-state index contributed by atoms with van der Waals surface area (Å²) in [6, 6.07) is 12.2. The van der Waals surface area contributed by atoms with Crippen LogP contribution in [0.3, 0.4) is 0 Å². The lowest BCUT2D eigenvalue weighted by atomic mass is 9.85. The Morgan fingerprint density at radius 3 is 2.68 bits per heavy atom. The maximum atomic E-state index is 13.2. The Kier molecular flexibility index (Phi) is 4.83. The summed E-state index contributed by atoms with van der Waals surface area (Å²) in [5.41, 5.74) is 1.52. The van der Waals surface area contributed by atoms with Gasteiger partial charge in [0.1, 0.15) is 0 Å². The van der Waals surface area contributed by atoms with E-state index in [-0.39, 0.29) is 5.91 Å². The Labute approximate surface area is 149 Å². The minimum atomic E-state index is 0.0145. The molecule has 2 aliphatic rings. The normalized spacial score (nSPS) is 20.9. The molecule has 1 amide bonds. The van der Waals surface area contributed by atoms with Gasteiger partial charge in [-0.05, 0) is 56.3 Å². The predicted octanol–water partition coefficient (Wildman–Crippen LogP) is 3.25. The van der Waals surface area contributed by atoms with E-state index in [1.54, 1.807) is 0 Å². The van der Waals surface area contributed by atoms with E-state index in [1.807, 2.05) is 52.2 Å². The van der Waals surface area contributed by atoms with E-state index >= 15 is 0 Å². The molecule has 1 saturated carbocycles. The molecule has 132 valence electrons. The van der Waals surface area contributed by atoms with Crippen LogP contribution in [0, 0.1) is 5.92 Å². The lowest BCUT2D eigenvalue weighted by Gasteiger charge is -2.32. The van der Waals surface area contributed by atoms with Gasteiger partial charge in [0, 0.05) is 25.0 Å². The highest BCUT2D eigenvalue weighted by molar-refractivity contribution is 6.04. The van der Waals surface area contributed by atoms with Gasteiger partial charge in [0.25, 0.3) is 5.91 Å². The third-order valence-electron chi connectivity index (χ3n) is 5.45. The molecule has 0 spiro atoms. The van der Waals surface area contributed by atoms with Gasteiger partial charge in [0.15, 0.2) is 5.69 Å². The number of carbonyl (C=O) groups excluding carboxylic acids is 1. The van der Waals surface area contributed by atoms with Crippen molar-refractivity contribution in [2.45, 2.75) is 38.1 Å². The summed E-state index contributed by atoms with van der Waals surface area (Å²) in [5, 5.41) is 8.02. The summed E-state index contributed by atoms with van der Waals surface area (Å²) < 4.78 is 1.96. The second kappa shape index (κ2) is 7.40. The first kappa shape index (κ1) is 16.3. The first-order valence-electron chi connectivity index (χ1n) is 9.44. The number of rotatable bonds is 5. The Morgan fingerprint density at radius 1 is 1.16 bits per heavy atom. The number of hydrogen-bond acceptors (Lipinski definition) is 3. The third-order valence-corrected chi connectivity index (χ3v) is 5.45.